The number of carbonyl (C=O) groups excluding carboxylic acids is 1. The molecule has 0 radical (unpaired) electrons. The molecular formula is C17H16N6O. The zero-order valence-corrected chi connectivity index (χ0v) is 13.3. The van der Waals surface area contributed by atoms with Crippen LogP contribution < -0.4 is 10.6 Å². The maximum absolute atomic E-state index is 12.2. The van der Waals surface area contributed by atoms with Gasteiger partial charge in [-0.2, -0.15) is 5.10 Å². The number of nitrogens with zero attached hydrogens (tertiary/aromatic N) is 5. The monoisotopic (exact) mass is 320 g/mol. The molecule has 0 aliphatic carbocycles. The third kappa shape index (κ3) is 3.05. The van der Waals surface area contributed by atoms with Crippen LogP contribution in [0.1, 0.15) is 12.5 Å². The average Bonchev–Trinajstić information content (AvgIpc) is 2.59. The minimum Gasteiger partial charge on any atom is -0.399 e. The molecule has 0 aliphatic rings. The van der Waals surface area contributed by atoms with Crippen molar-refractivity contribution >= 4 is 23.2 Å². The van der Waals surface area contributed by atoms with Crippen LogP contribution in [0, 0.1) is 6.92 Å². The lowest BCUT2D eigenvalue weighted by atomic mass is 10.1. The van der Waals surface area contributed by atoms with Gasteiger partial charge in [-0.3, -0.25) is 9.78 Å². The van der Waals surface area contributed by atoms with Crippen LogP contribution in [0.15, 0.2) is 48.9 Å². The second-order valence-electron chi connectivity index (χ2n) is 5.28. The molecule has 2 N–H and O–H groups in total. The molecule has 0 spiro atoms. The van der Waals surface area contributed by atoms with Gasteiger partial charge in [-0.05, 0) is 36.8 Å². The highest BCUT2D eigenvalue weighted by Crippen LogP contribution is 2.28. The van der Waals surface area contributed by atoms with E-state index in [1.165, 1.54) is 18.0 Å². The van der Waals surface area contributed by atoms with E-state index in [1.807, 2.05) is 25.1 Å². The zero-order valence-electron chi connectivity index (χ0n) is 13.3. The molecular weight excluding hydrogens is 304 g/mol. The molecule has 120 valence electrons. The Morgan fingerprint density at radius 1 is 1.21 bits per heavy atom. The average molecular weight is 320 g/mol. The number of pyridine rings is 1. The fourth-order valence-electron chi connectivity index (χ4n) is 2.33. The molecule has 0 unspecified atom stereocenters. The molecule has 7 heteroatoms. The lowest BCUT2D eigenvalue weighted by Crippen LogP contribution is -2.26. The van der Waals surface area contributed by atoms with Gasteiger partial charge in [0.1, 0.15) is 0 Å². The van der Waals surface area contributed by atoms with Crippen molar-refractivity contribution in [3.05, 3.63) is 54.5 Å². The number of hydrogen-bond donors (Lipinski definition) is 1. The summed E-state index contributed by atoms with van der Waals surface area (Å²) in [5.41, 5.74) is 9.31. The van der Waals surface area contributed by atoms with Gasteiger partial charge in [0.05, 0.1) is 17.6 Å². The second kappa shape index (κ2) is 6.41. The molecule has 0 fully saturated rings. The molecule has 3 aromatic rings. The van der Waals surface area contributed by atoms with E-state index in [4.69, 9.17) is 5.73 Å². The number of rotatable bonds is 3. The molecule has 24 heavy (non-hydrogen) atoms. The van der Waals surface area contributed by atoms with Crippen LogP contribution in [0.2, 0.25) is 0 Å². The summed E-state index contributed by atoms with van der Waals surface area (Å²) in [6.45, 7) is 3.34. The zero-order chi connectivity index (χ0) is 17.1. The van der Waals surface area contributed by atoms with E-state index < -0.39 is 0 Å². The van der Waals surface area contributed by atoms with Gasteiger partial charge in [-0.25, -0.2) is 9.88 Å². The molecule has 2 heterocycles. The van der Waals surface area contributed by atoms with Crippen LogP contribution in [-0.4, -0.2) is 26.1 Å². The predicted octanol–water partition coefficient (Wildman–Crippen LogP) is 2.51. The van der Waals surface area contributed by atoms with Crippen LogP contribution in [0.3, 0.4) is 0 Å². The first-order chi connectivity index (χ1) is 11.6. The fraction of sp³-hybridized carbons (Fsp3) is 0.118. The maximum atomic E-state index is 12.2. The molecule has 3 rings (SSSR count). The minimum atomic E-state index is -0.228. The van der Waals surface area contributed by atoms with Gasteiger partial charge in [0.2, 0.25) is 5.91 Å². The number of benzene rings is 1. The molecule has 2 aromatic heterocycles. The quantitative estimate of drug-likeness (QED) is 0.745. The SMILES string of the molecule is CC(=O)N(c1nncc(-c2cccnc2)n1)c1cc(N)ccc1C. The summed E-state index contributed by atoms with van der Waals surface area (Å²) in [5, 5.41) is 7.99. The van der Waals surface area contributed by atoms with E-state index >= 15 is 0 Å². The summed E-state index contributed by atoms with van der Waals surface area (Å²) in [7, 11) is 0. The molecule has 0 saturated heterocycles. The van der Waals surface area contributed by atoms with Crippen molar-refractivity contribution < 1.29 is 4.79 Å². The van der Waals surface area contributed by atoms with E-state index in [-0.39, 0.29) is 11.9 Å². The Morgan fingerprint density at radius 3 is 2.75 bits per heavy atom. The van der Waals surface area contributed by atoms with Crippen molar-refractivity contribution in [3.8, 4) is 11.3 Å². The Labute approximate surface area is 139 Å². The maximum Gasteiger partial charge on any atom is 0.257 e. The van der Waals surface area contributed by atoms with E-state index in [0.29, 0.717) is 17.1 Å². The molecule has 0 atom stereocenters. The smallest absolute Gasteiger partial charge is 0.257 e. The molecule has 0 saturated carbocycles. The summed E-state index contributed by atoms with van der Waals surface area (Å²) in [5.74, 6) is -0.0358. The summed E-state index contributed by atoms with van der Waals surface area (Å²) in [6, 6.07) is 9.02. The normalized spacial score (nSPS) is 10.4. The molecule has 0 aliphatic heterocycles. The number of amides is 1. The van der Waals surface area contributed by atoms with Gasteiger partial charge < -0.3 is 5.73 Å². The third-order valence-corrected chi connectivity index (χ3v) is 3.49. The Hall–Kier alpha value is -3.35. The standard InChI is InChI=1S/C17H16N6O/c1-11-5-6-14(18)8-16(11)23(12(2)24)17-21-15(10-20-22-17)13-4-3-7-19-9-13/h3-10H,18H2,1-2H3. The number of anilines is 3. The molecule has 1 amide bonds. The van der Waals surface area contributed by atoms with Gasteiger partial charge in [-0.1, -0.05) is 6.07 Å². The van der Waals surface area contributed by atoms with E-state index in [9.17, 15) is 4.79 Å². The summed E-state index contributed by atoms with van der Waals surface area (Å²) < 4.78 is 0. The van der Waals surface area contributed by atoms with Crippen molar-refractivity contribution in [3.63, 3.8) is 0 Å². The minimum absolute atomic E-state index is 0.192. The fourth-order valence-corrected chi connectivity index (χ4v) is 2.33. The number of aryl methyl sites for hydroxylation is 1. The largest absolute Gasteiger partial charge is 0.399 e. The van der Waals surface area contributed by atoms with Crippen LogP contribution in [-0.2, 0) is 4.79 Å². The topological polar surface area (TPSA) is 97.9 Å². The Morgan fingerprint density at radius 2 is 2.04 bits per heavy atom. The third-order valence-electron chi connectivity index (χ3n) is 3.49. The van der Waals surface area contributed by atoms with E-state index in [2.05, 4.69) is 20.2 Å². The van der Waals surface area contributed by atoms with Gasteiger partial charge in [0.15, 0.2) is 0 Å². The molecule has 1 aromatic carbocycles. The molecule has 7 nitrogen and oxygen atoms in total. The Balaban J connectivity index is 2.10. The number of nitrogen functional groups attached to an aromatic ring is 1. The first-order valence-corrected chi connectivity index (χ1v) is 7.33. The van der Waals surface area contributed by atoms with Crippen LogP contribution in [0.25, 0.3) is 11.3 Å². The number of hydrogen-bond acceptors (Lipinski definition) is 6. The number of aromatic nitrogens is 4. The van der Waals surface area contributed by atoms with Crippen molar-refractivity contribution in [1.82, 2.24) is 20.2 Å². The number of carbonyl (C=O) groups is 1. The van der Waals surface area contributed by atoms with Crippen molar-refractivity contribution in [2.75, 3.05) is 10.6 Å². The van der Waals surface area contributed by atoms with E-state index in [0.717, 1.165) is 11.1 Å². The predicted molar refractivity (Wildman–Crippen MR) is 91.5 cm³/mol. The highest BCUT2D eigenvalue weighted by Gasteiger charge is 2.20. The lowest BCUT2D eigenvalue weighted by Gasteiger charge is -2.21. The Bertz CT molecular complexity index is 881. The van der Waals surface area contributed by atoms with Crippen molar-refractivity contribution in [2.45, 2.75) is 13.8 Å². The first-order valence-electron chi connectivity index (χ1n) is 7.33. The summed E-state index contributed by atoms with van der Waals surface area (Å²) in [4.78, 5) is 22.2. The van der Waals surface area contributed by atoms with Crippen LogP contribution in [0.4, 0.5) is 17.3 Å². The van der Waals surface area contributed by atoms with Crippen molar-refractivity contribution in [2.24, 2.45) is 0 Å². The van der Waals surface area contributed by atoms with Crippen LogP contribution in [0.5, 0.6) is 0 Å². The highest BCUT2D eigenvalue weighted by atomic mass is 16.2. The van der Waals surface area contributed by atoms with Gasteiger partial charge in [-0.15, -0.1) is 5.10 Å². The van der Waals surface area contributed by atoms with Gasteiger partial charge in [0, 0.05) is 30.6 Å². The van der Waals surface area contributed by atoms with Gasteiger partial charge in [0.25, 0.3) is 5.95 Å². The van der Waals surface area contributed by atoms with Gasteiger partial charge >= 0.3 is 0 Å². The lowest BCUT2D eigenvalue weighted by molar-refractivity contribution is -0.115. The van der Waals surface area contributed by atoms with Crippen LogP contribution >= 0.6 is 0 Å². The number of nitrogens with two attached hydrogens (primary N) is 1. The van der Waals surface area contributed by atoms with Crippen molar-refractivity contribution in [1.29, 1.82) is 0 Å². The van der Waals surface area contributed by atoms with E-state index in [1.54, 1.807) is 24.5 Å². The summed E-state index contributed by atoms with van der Waals surface area (Å²) >= 11 is 0. The first kappa shape index (κ1) is 15.5. The molecule has 0 bridgehead atoms. The Kier molecular flexibility index (Phi) is 4.15. The summed E-state index contributed by atoms with van der Waals surface area (Å²) in [6.07, 6.45) is 4.89. The highest BCUT2D eigenvalue weighted by molar-refractivity contribution is 5.98. The second-order valence-corrected chi connectivity index (χ2v) is 5.28.